The van der Waals surface area contributed by atoms with Crippen LogP contribution in [0.3, 0.4) is 0 Å². The summed E-state index contributed by atoms with van der Waals surface area (Å²) in [7, 11) is 0. The number of nitriles is 1. The molecule has 0 aliphatic carbocycles. The van der Waals surface area contributed by atoms with Crippen LogP contribution in [0.25, 0.3) is 5.70 Å². The Morgan fingerprint density at radius 2 is 1.71 bits per heavy atom. The standard InChI is InChI=1S/C17H13ClN2O/c18-16-11-20-17(15(16)10-19)12-6-8-14(9-7-12)21-13-4-2-1-3-5-13/h1-9,16,20H,11H2. The van der Waals surface area contributed by atoms with Gasteiger partial charge in [-0.25, -0.2) is 0 Å². The number of benzene rings is 2. The second-order valence-corrected chi connectivity index (χ2v) is 5.22. The summed E-state index contributed by atoms with van der Waals surface area (Å²) < 4.78 is 5.74. The van der Waals surface area contributed by atoms with Gasteiger partial charge in [-0.05, 0) is 42.0 Å². The number of rotatable bonds is 3. The van der Waals surface area contributed by atoms with Crippen LogP contribution in [0.1, 0.15) is 5.56 Å². The number of hydrogen-bond acceptors (Lipinski definition) is 3. The molecule has 1 heterocycles. The minimum absolute atomic E-state index is 0.259. The molecule has 0 radical (unpaired) electrons. The molecule has 2 aromatic carbocycles. The third-order valence-electron chi connectivity index (χ3n) is 3.28. The van der Waals surface area contributed by atoms with Gasteiger partial charge in [-0.15, -0.1) is 11.6 Å². The first kappa shape index (κ1) is 13.5. The van der Waals surface area contributed by atoms with Gasteiger partial charge in [-0.2, -0.15) is 5.26 Å². The van der Waals surface area contributed by atoms with E-state index in [1.165, 1.54) is 0 Å². The van der Waals surface area contributed by atoms with Crippen molar-refractivity contribution in [2.24, 2.45) is 0 Å². The van der Waals surface area contributed by atoms with Gasteiger partial charge in [0.15, 0.2) is 0 Å². The summed E-state index contributed by atoms with van der Waals surface area (Å²) in [5.74, 6) is 1.55. The third kappa shape index (κ3) is 2.86. The minimum atomic E-state index is -0.259. The molecule has 1 unspecified atom stereocenters. The Balaban J connectivity index is 1.82. The predicted octanol–water partition coefficient (Wildman–Crippen LogP) is 3.92. The van der Waals surface area contributed by atoms with Gasteiger partial charge in [-0.3, -0.25) is 0 Å². The summed E-state index contributed by atoms with van der Waals surface area (Å²) >= 11 is 6.09. The molecule has 0 aromatic heterocycles. The fraction of sp³-hybridized carbons (Fsp3) is 0.118. The molecule has 21 heavy (non-hydrogen) atoms. The van der Waals surface area contributed by atoms with Crippen LogP contribution >= 0.6 is 11.6 Å². The quantitative estimate of drug-likeness (QED) is 0.873. The average Bonchev–Trinajstić information content (AvgIpc) is 2.90. The second kappa shape index (κ2) is 5.90. The summed E-state index contributed by atoms with van der Waals surface area (Å²) in [6.07, 6.45) is 0. The van der Waals surface area contributed by atoms with Crippen LogP contribution in [-0.2, 0) is 0 Å². The first-order valence-corrected chi connectivity index (χ1v) is 7.07. The molecule has 0 bridgehead atoms. The minimum Gasteiger partial charge on any atom is -0.457 e. The molecule has 4 heteroatoms. The number of halogens is 1. The van der Waals surface area contributed by atoms with E-state index >= 15 is 0 Å². The van der Waals surface area contributed by atoms with E-state index in [9.17, 15) is 0 Å². The highest BCUT2D eigenvalue weighted by atomic mass is 35.5. The van der Waals surface area contributed by atoms with E-state index in [4.69, 9.17) is 21.6 Å². The summed E-state index contributed by atoms with van der Waals surface area (Å²) in [6.45, 7) is 0.585. The summed E-state index contributed by atoms with van der Waals surface area (Å²) in [6, 6.07) is 19.4. The van der Waals surface area contributed by atoms with E-state index in [1.807, 2.05) is 54.6 Å². The molecule has 0 saturated heterocycles. The van der Waals surface area contributed by atoms with Crippen molar-refractivity contribution >= 4 is 17.3 Å². The molecule has 3 nitrogen and oxygen atoms in total. The lowest BCUT2D eigenvalue weighted by Crippen LogP contribution is -2.11. The number of ether oxygens (including phenoxy) is 1. The van der Waals surface area contributed by atoms with Crippen molar-refractivity contribution in [3.05, 3.63) is 65.7 Å². The maximum atomic E-state index is 9.16. The fourth-order valence-corrected chi connectivity index (χ4v) is 2.48. The van der Waals surface area contributed by atoms with Crippen LogP contribution in [0, 0.1) is 11.3 Å². The smallest absolute Gasteiger partial charge is 0.127 e. The molecule has 1 aliphatic heterocycles. The monoisotopic (exact) mass is 296 g/mol. The maximum Gasteiger partial charge on any atom is 0.127 e. The van der Waals surface area contributed by atoms with E-state index in [0.717, 1.165) is 22.8 Å². The van der Waals surface area contributed by atoms with Crippen molar-refractivity contribution in [1.29, 1.82) is 5.26 Å². The molecular formula is C17H13ClN2O. The SMILES string of the molecule is N#CC1=C(c2ccc(Oc3ccccc3)cc2)NCC1Cl. The Morgan fingerprint density at radius 3 is 2.38 bits per heavy atom. The van der Waals surface area contributed by atoms with E-state index in [2.05, 4.69) is 11.4 Å². The van der Waals surface area contributed by atoms with Crippen molar-refractivity contribution in [2.45, 2.75) is 5.38 Å². The van der Waals surface area contributed by atoms with Gasteiger partial charge in [0.1, 0.15) is 11.5 Å². The molecule has 1 aliphatic rings. The number of nitrogens with zero attached hydrogens (tertiary/aromatic N) is 1. The number of nitrogens with one attached hydrogen (secondary N) is 1. The van der Waals surface area contributed by atoms with E-state index in [1.54, 1.807) is 0 Å². The average molecular weight is 297 g/mol. The first-order chi connectivity index (χ1) is 10.3. The normalized spacial score (nSPS) is 17.2. The highest BCUT2D eigenvalue weighted by Crippen LogP contribution is 2.28. The zero-order valence-corrected chi connectivity index (χ0v) is 12.0. The van der Waals surface area contributed by atoms with Crippen LogP contribution in [0.4, 0.5) is 0 Å². The lowest BCUT2D eigenvalue weighted by Gasteiger charge is -2.08. The van der Waals surface area contributed by atoms with Crippen molar-refractivity contribution in [2.75, 3.05) is 6.54 Å². The van der Waals surface area contributed by atoms with E-state index < -0.39 is 0 Å². The zero-order valence-electron chi connectivity index (χ0n) is 11.2. The largest absolute Gasteiger partial charge is 0.457 e. The molecule has 104 valence electrons. The van der Waals surface area contributed by atoms with Gasteiger partial charge in [-0.1, -0.05) is 18.2 Å². The van der Waals surface area contributed by atoms with Crippen LogP contribution in [0.2, 0.25) is 0 Å². The van der Waals surface area contributed by atoms with Gasteiger partial charge in [0.25, 0.3) is 0 Å². The molecular weight excluding hydrogens is 284 g/mol. The van der Waals surface area contributed by atoms with Gasteiger partial charge >= 0.3 is 0 Å². The molecule has 2 aromatic rings. The maximum absolute atomic E-state index is 9.16. The van der Waals surface area contributed by atoms with Gasteiger partial charge in [0, 0.05) is 6.54 Å². The molecule has 0 saturated carbocycles. The van der Waals surface area contributed by atoms with Crippen molar-refractivity contribution in [3.63, 3.8) is 0 Å². The zero-order chi connectivity index (χ0) is 14.7. The van der Waals surface area contributed by atoms with Gasteiger partial charge in [0.2, 0.25) is 0 Å². The van der Waals surface area contributed by atoms with Crippen LogP contribution in [-0.4, -0.2) is 11.9 Å². The number of para-hydroxylation sites is 1. The Labute approximate surface area is 128 Å². The molecule has 1 atom stereocenters. The highest BCUT2D eigenvalue weighted by Gasteiger charge is 2.24. The summed E-state index contributed by atoms with van der Waals surface area (Å²) in [5, 5.41) is 12.1. The lowest BCUT2D eigenvalue weighted by molar-refractivity contribution is 0.482. The van der Waals surface area contributed by atoms with Crippen LogP contribution in [0.15, 0.2) is 60.2 Å². The van der Waals surface area contributed by atoms with Crippen LogP contribution in [0.5, 0.6) is 11.5 Å². The van der Waals surface area contributed by atoms with E-state index in [0.29, 0.717) is 12.1 Å². The molecule has 3 rings (SSSR count). The Hall–Kier alpha value is -2.44. The Kier molecular flexibility index (Phi) is 3.81. The predicted molar refractivity (Wildman–Crippen MR) is 83.1 cm³/mol. The summed E-state index contributed by atoms with van der Waals surface area (Å²) in [5.41, 5.74) is 2.34. The molecule has 1 N–H and O–H groups in total. The molecule has 0 fully saturated rings. The third-order valence-corrected chi connectivity index (χ3v) is 3.66. The molecule has 0 spiro atoms. The Bertz CT molecular complexity index is 702. The lowest BCUT2D eigenvalue weighted by atomic mass is 10.1. The van der Waals surface area contributed by atoms with Gasteiger partial charge < -0.3 is 10.1 Å². The van der Waals surface area contributed by atoms with Crippen molar-refractivity contribution < 1.29 is 4.74 Å². The summed E-state index contributed by atoms with van der Waals surface area (Å²) in [4.78, 5) is 0. The van der Waals surface area contributed by atoms with Gasteiger partial charge in [0.05, 0.1) is 22.7 Å². The van der Waals surface area contributed by atoms with Crippen LogP contribution < -0.4 is 10.1 Å². The number of hydrogen-bond donors (Lipinski definition) is 1. The first-order valence-electron chi connectivity index (χ1n) is 6.63. The van der Waals surface area contributed by atoms with Crippen molar-refractivity contribution in [1.82, 2.24) is 5.32 Å². The number of alkyl halides is 1. The second-order valence-electron chi connectivity index (χ2n) is 4.69. The van der Waals surface area contributed by atoms with Crippen molar-refractivity contribution in [3.8, 4) is 17.6 Å². The van der Waals surface area contributed by atoms with E-state index in [-0.39, 0.29) is 5.38 Å². The topological polar surface area (TPSA) is 45.0 Å². The fourth-order valence-electron chi connectivity index (χ4n) is 2.24. The Morgan fingerprint density at radius 1 is 1.05 bits per heavy atom. The highest BCUT2D eigenvalue weighted by molar-refractivity contribution is 6.24. The molecule has 0 amide bonds.